The van der Waals surface area contributed by atoms with Crippen molar-refractivity contribution in [3.05, 3.63) is 75.9 Å². The van der Waals surface area contributed by atoms with Crippen molar-refractivity contribution < 1.29 is 33.6 Å². The highest BCUT2D eigenvalue weighted by atomic mass is 16.5. The van der Waals surface area contributed by atoms with E-state index in [1.807, 2.05) is 12.1 Å². The lowest BCUT2D eigenvalue weighted by atomic mass is 9.85. The number of carbonyl (C=O) groups is 1. The molecular formula is C26H20O8. The highest BCUT2D eigenvalue weighted by molar-refractivity contribution is 5.93. The van der Waals surface area contributed by atoms with Crippen molar-refractivity contribution in [2.45, 2.75) is 12.3 Å². The molecule has 1 unspecified atom stereocenters. The molecule has 8 nitrogen and oxygen atoms in total. The van der Waals surface area contributed by atoms with Crippen LogP contribution in [-0.4, -0.2) is 30.4 Å². The van der Waals surface area contributed by atoms with Crippen LogP contribution in [0.25, 0.3) is 22.3 Å². The van der Waals surface area contributed by atoms with Gasteiger partial charge in [-0.05, 0) is 35.9 Å². The summed E-state index contributed by atoms with van der Waals surface area (Å²) in [6.45, 7) is 0. The zero-order valence-corrected chi connectivity index (χ0v) is 18.3. The van der Waals surface area contributed by atoms with Crippen LogP contribution in [0.1, 0.15) is 23.5 Å². The second kappa shape index (κ2) is 8.15. The van der Waals surface area contributed by atoms with Gasteiger partial charge < -0.3 is 28.8 Å². The second-order valence-electron chi connectivity index (χ2n) is 7.88. The molecule has 4 aromatic rings. The van der Waals surface area contributed by atoms with Crippen LogP contribution in [0.15, 0.2) is 63.8 Å². The van der Waals surface area contributed by atoms with Crippen molar-refractivity contribution >= 4 is 16.9 Å². The van der Waals surface area contributed by atoms with Crippen LogP contribution in [0.3, 0.4) is 0 Å². The van der Waals surface area contributed by atoms with Crippen LogP contribution in [0.4, 0.5) is 0 Å². The van der Waals surface area contributed by atoms with E-state index in [9.17, 15) is 19.8 Å². The average Bonchev–Trinajstić information content (AvgIpc) is 2.83. The Morgan fingerprint density at radius 1 is 0.912 bits per heavy atom. The van der Waals surface area contributed by atoms with E-state index >= 15 is 0 Å². The van der Waals surface area contributed by atoms with E-state index < -0.39 is 17.3 Å². The number of carbonyl (C=O) groups excluding carboxylic acids is 1. The standard InChI is InChI=1S/C26H20O8/c1-31-15-6-3-13(4-7-15)16-10-23(30)33-22-12-19(29)25-18(28)11-21(34-26(25)24(16)22)14-5-8-20(32-2)17(27)9-14/h3-9,11-12,16,27,29H,10H2,1-2H3. The number of hydrogen-bond acceptors (Lipinski definition) is 8. The van der Waals surface area contributed by atoms with Gasteiger partial charge in [0.15, 0.2) is 16.9 Å². The summed E-state index contributed by atoms with van der Waals surface area (Å²) in [7, 11) is 2.99. The summed E-state index contributed by atoms with van der Waals surface area (Å²) in [6.07, 6.45) is 0.0243. The highest BCUT2D eigenvalue weighted by Crippen LogP contribution is 2.46. The minimum absolute atomic E-state index is 0.0169. The van der Waals surface area contributed by atoms with Gasteiger partial charge in [0.05, 0.1) is 20.6 Å². The molecule has 0 radical (unpaired) electrons. The molecule has 0 amide bonds. The third-order valence-electron chi connectivity index (χ3n) is 5.91. The molecule has 1 aliphatic rings. The summed E-state index contributed by atoms with van der Waals surface area (Å²) in [4.78, 5) is 25.4. The fraction of sp³-hybridized carbons (Fsp3) is 0.154. The first-order chi connectivity index (χ1) is 16.4. The molecule has 2 N–H and O–H groups in total. The van der Waals surface area contributed by atoms with Crippen LogP contribution in [-0.2, 0) is 4.79 Å². The van der Waals surface area contributed by atoms with Crippen molar-refractivity contribution in [1.82, 2.24) is 0 Å². The van der Waals surface area contributed by atoms with Gasteiger partial charge in [-0.2, -0.15) is 0 Å². The van der Waals surface area contributed by atoms with Crippen LogP contribution in [0.2, 0.25) is 0 Å². The predicted molar refractivity (Wildman–Crippen MR) is 123 cm³/mol. The Bertz CT molecular complexity index is 1480. The molecule has 8 heteroatoms. The zero-order chi connectivity index (χ0) is 24.0. The number of esters is 1. The van der Waals surface area contributed by atoms with E-state index in [1.54, 1.807) is 31.4 Å². The summed E-state index contributed by atoms with van der Waals surface area (Å²) in [5.41, 5.74) is 1.34. The van der Waals surface area contributed by atoms with Gasteiger partial charge in [0.1, 0.15) is 34.0 Å². The van der Waals surface area contributed by atoms with Crippen molar-refractivity contribution in [1.29, 1.82) is 0 Å². The molecule has 0 spiro atoms. The van der Waals surface area contributed by atoms with Crippen molar-refractivity contribution in [2.24, 2.45) is 0 Å². The van der Waals surface area contributed by atoms with Gasteiger partial charge >= 0.3 is 5.97 Å². The summed E-state index contributed by atoms with van der Waals surface area (Å²) in [6, 6.07) is 14.3. The number of hydrogen-bond donors (Lipinski definition) is 2. The van der Waals surface area contributed by atoms with E-state index in [2.05, 4.69) is 0 Å². The van der Waals surface area contributed by atoms with E-state index in [0.29, 0.717) is 16.9 Å². The largest absolute Gasteiger partial charge is 0.507 e. The third-order valence-corrected chi connectivity index (χ3v) is 5.91. The third kappa shape index (κ3) is 3.49. The van der Waals surface area contributed by atoms with E-state index in [1.165, 1.54) is 25.3 Å². The zero-order valence-electron chi connectivity index (χ0n) is 18.3. The number of methoxy groups -OCH3 is 2. The number of phenolic OH excluding ortho intramolecular Hbond substituents is 2. The minimum atomic E-state index is -0.479. The molecule has 5 rings (SSSR count). The van der Waals surface area contributed by atoms with Crippen molar-refractivity contribution in [3.63, 3.8) is 0 Å². The fourth-order valence-electron chi connectivity index (χ4n) is 4.27. The SMILES string of the molecule is COc1ccc(C2CC(=O)Oc3cc(O)c4c(=O)cc(-c5ccc(OC)c(O)c5)oc4c32)cc1. The predicted octanol–water partition coefficient (Wildman–Crippen LogP) is 4.33. The van der Waals surface area contributed by atoms with Crippen LogP contribution in [0.5, 0.6) is 28.7 Å². The maximum Gasteiger partial charge on any atom is 0.312 e. The number of ether oxygens (including phenoxy) is 3. The quantitative estimate of drug-likeness (QED) is 0.342. The molecule has 172 valence electrons. The summed E-state index contributed by atoms with van der Waals surface area (Å²) in [5, 5.41) is 20.7. The van der Waals surface area contributed by atoms with Crippen LogP contribution in [0, 0.1) is 0 Å². The molecule has 0 fully saturated rings. The first-order valence-electron chi connectivity index (χ1n) is 10.4. The summed E-state index contributed by atoms with van der Waals surface area (Å²) >= 11 is 0. The first kappa shape index (κ1) is 21.4. The Balaban J connectivity index is 1.76. The fourth-order valence-corrected chi connectivity index (χ4v) is 4.27. The van der Waals surface area contributed by atoms with Gasteiger partial charge in [0, 0.05) is 29.2 Å². The number of rotatable bonds is 4. The number of phenols is 2. The van der Waals surface area contributed by atoms with E-state index in [0.717, 1.165) is 5.56 Å². The van der Waals surface area contributed by atoms with Crippen LogP contribution >= 0.6 is 0 Å². The molecule has 1 atom stereocenters. The lowest BCUT2D eigenvalue weighted by Crippen LogP contribution is -2.22. The maximum absolute atomic E-state index is 13.0. The number of aromatic hydroxyl groups is 2. The van der Waals surface area contributed by atoms with Gasteiger partial charge in [-0.1, -0.05) is 12.1 Å². The molecule has 0 saturated carbocycles. The lowest BCUT2D eigenvalue weighted by molar-refractivity contribution is -0.135. The molecule has 0 aliphatic carbocycles. The molecule has 2 heterocycles. The monoisotopic (exact) mass is 460 g/mol. The Hall–Kier alpha value is -4.46. The van der Waals surface area contributed by atoms with Gasteiger partial charge in [-0.25, -0.2) is 0 Å². The Kier molecular flexibility index (Phi) is 5.13. The van der Waals surface area contributed by atoms with Crippen molar-refractivity contribution in [2.75, 3.05) is 14.2 Å². The topological polar surface area (TPSA) is 115 Å². The first-order valence-corrected chi connectivity index (χ1v) is 10.4. The highest BCUT2D eigenvalue weighted by Gasteiger charge is 2.33. The van der Waals surface area contributed by atoms with Gasteiger partial charge in [-0.3, -0.25) is 9.59 Å². The molecule has 1 aromatic heterocycles. The molecule has 1 aliphatic heterocycles. The van der Waals surface area contributed by atoms with E-state index in [-0.39, 0.29) is 46.1 Å². The van der Waals surface area contributed by atoms with Crippen molar-refractivity contribution in [3.8, 4) is 40.1 Å². The summed E-state index contributed by atoms with van der Waals surface area (Å²) < 4.78 is 21.9. The van der Waals surface area contributed by atoms with Gasteiger partial charge in [0.25, 0.3) is 0 Å². The summed E-state index contributed by atoms with van der Waals surface area (Å²) in [5.74, 6) is -0.188. The smallest absolute Gasteiger partial charge is 0.312 e. The van der Waals surface area contributed by atoms with E-state index in [4.69, 9.17) is 18.6 Å². The number of benzene rings is 3. The second-order valence-corrected chi connectivity index (χ2v) is 7.88. The van der Waals surface area contributed by atoms with Crippen LogP contribution < -0.4 is 19.6 Å². The Morgan fingerprint density at radius 3 is 2.35 bits per heavy atom. The molecule has 0 bridgehead atoms. The molecule has 3 aromatic carbocycles. The Labute approximate surface area is 193 Å². The normalized spacial score (nSPS) is 15.0. The number of fused-ring (bicyclic) bond motifs is 3. The van der Waals surface area contributed by atoms with Gasteiger partial charge in [0.2, 0.25) is 0 Å². The molecule has 34 heavy (non-hydrogen) atoms. The Morgan fingerprint density at radius 2 is 1.68 bits per heavy atom. The minimum Gasteiger partial charge on any atom is -0.507 e. The lowest BCUT2D eigenvalue weighted by Gasteiger charge is -2.26. The molecular weight excluding hydrogens is 440 g/mol. The molecule has 0 saturated heterocycles. The van der Waals surface area contributed by atoms with Gasteiger partial charge in [-0.15, -0.1) is 0 Å². The average molecular weight is 460 g/mol. The maximum atomic E-state index is 13.0.